The van der Waals surface area contributed by atoms with Gasteiger partial charge in [-0.15, -0.1) is 0 Å². The molecule has 0 saturated carbocycles. The molecule has 138 valence electrons. The molecule has 4 heteroatoms. The first kappa shape index (κ1) is 17.7. The van der Waals surface area contributed by atoms with Gasteiger partial charge in [-0.25, -0.2) is 4.79 Å². The lowest BCUT2D eigenvalue weighted by atomic mass is 9.97. The van der Waals surface area contributed by atoms with Crippen molar-refractivity contribution >= 4 is 16.9 Å². The van der Waals surface area contributed by atoms with Gasteiger partial charge in [0.05, 0.1) is 12.9 Å². The maximum atomic E-state index is 12.7. The van der Waals surface area contributed by atoms with E-state index < -0.39 is 11.4 Å². The minimum atomic E-state index is -0.650. The number of benzene rings is 2. The van der Waals surface area contributed by atoms with Gasteiger partial charge in [0.2, 0.25) is 0 Å². The van der Waals surface area contributed by atoms with E-state index in [1.807, 2.05) is 54.6 Å². The Hall–Kier alpha value is -3.66. The van der Waals surface area contributed by atoms with Gasteiger partial charge in [0.1, 0.15) is 11.1 Å². The third-order valence-corrected chi connectivity index (χ3v) is 4.59. The molecule has 0 aliphatic heterocycles. The monoisotopic (exact) mass is 370 g/mol. The van der Waals surface area contributed by atoms with Crippen LogP contribution in [0.2, 0.25) is 0 Å². The summed E-state index contributed by atoms with van der Waals surface area (Å²) in [6.07, 6.45) is 1.55. The third kappa shape index (κ3) is 3.21. The zero-order valence-corrected chi connectivity index (χ0v) is 15.3. The summed E-state index contributed by atoms with van der Waals surface area (Å²) in [5.74, 6) is -0.650. The molecule has 0 aliphatic rings. The molecule has 0 unspecified atom stereocenters. The van der Waals surface area contributed by atoms with Crippen LogP contribution in [0, 0.1) is 0 Å². The van der Waals surface area contributed by atoms with Gasteiger partial charge in [-0.05, 0) is 41.8 Å². The van der Waals surface area contributed by atoms with E-state index in [9.17, 15) is 9.59 Å². The lowest BCUT2D eigenvalue weighted by Gasteiger charge is -2.08. The Morgan fingerprint density at radius 2 is 1.54 bits per heavy atom. The predicted molar refractivity (Wildman–Crippen MR) is 109 cm³/mol. The Morgan fingerprint density at radius 1 is 0.857 bits per heavy atom. The molecular weight excluding hydrogens is 352 g/mol. The van der Waals surface area contributed by atoms with Crippen molar-refractivity contribution in [2.24, 2.45) is 0 Å². The van der Waals surface area contributed by atoms with Gasteiger partial charge in [0.25, 0.3) is 0 Å². The molecule has 0 aliphatic carbocycles. The van der Waals surface area contributed by atoms with Crippen molar-refractivity contribution in [3.8, 4) is 22.3 Å². The van der Waals surface area contributed by atoms with Crippen molar-refractivity contribution in [2.75, 3.05) is 6.61 Å². The number of carbonyl (C=O) groups excluding carboxylic acids is 1. The van der Waals surface area contributed by atoms with Crippen LogP contribution < -0.4 is 5.43 Å². The molecule has 1 aromatic heterocycles. The smallest absolute Gasteiger partial charge is 0.342 e. The summed E-state index contributed by atoms with van der Waals surface area (Å²) in [6, 6.07) is 22.5. The molecule has 0 amide bonds. The average Bonchev–Trinajstić information content (AvgIpc) is 3.14. The molecular formula is C24H18O4. The molecule has 4 nitrogen and oxygen atoms in total. The molecule has 3 aromatic carbocycles. The molecule has 0 saturated heterocycles. The number of rotatable bonds is 4. The molecule has 0 fully saturated rings. The predicted octanol–water partition coefficient (Wildman–Crippen LogP) is 5.30. The van der Waals surface area contributed by atoms with E-state index in [0.717, 1.165) is 22.1 Å². The fourth-order valence-electron chi connectivity index (χ4n) is 3.28. The minimum Gasteiger partial charge on any atom is -0.464 e. The topological polar surface area (TPSA) is 56.5 Å². The van der Waals surface area contributed by atoms with Crippen molar-refractivity contribution in [3.63, 3.8) is 0 Å². The molecule has 0 radical (unpaired) electrons. The lowest BCUT2D eigenvalue weighted by molar-refractivity contribution is 0.0526. The maximum absolute atomic E-state index is 12.7. The Morgan fingerprint density at radius 3 is 2.25 bits per heavy atom. The van der Waals surface area contributed by atoms with Gasteiger partial charge < -0.3 is 9.15 Å². The summed E-state index contributed by atoms with van der Waals surface area (Å²) in [4.78, 5) is 25.3. The van der Waals surface area contributed by atoms with E-state index in [1.165, 1.54) is 6.07 Å². The Labute approximate surface area is 162 Å². The van der Waals surface area contributed by atoms with Crippen LogP contribution in [0.25, 0.3) is 33.2 Å². The summed E-state index contributed by atoms with van der Waals surface area (Å²) in [7, 11) is 0. The Balaban J connectivity index is 1.95. The molecule has 0 N–H and O–H groups in total. The highest BCUT2D eigenvalue weighted by Gasteiger charge is 2.21. The van der Waals surface area contributed by atoms with Crippen molar-refractivity contribution in [3.05, 3.63) is 94.8 Å². The van der Waals surface area contributed by atoms with Gasteiger partial charge in [0, 0.05) is 10.9 Å². The summed E-state index contributed by atoms with van der Waals surface area (Å²) in [5.41, 5.74) is 3.37. The molecule has 0 bridgehead atoms. The third-order valence-electron chi connectivity index (χ3n) is 4.59. The highest BCUT2D eigenvalue weighted by atomic mass is 16.5. The van der Waals surface area contributed by atoms with Crippen LogP contribution in [0.5, 0.6) is 0 Å². The van der Waals surface area contributed by atoms with Crippen molar-refractivity contribution in [1.29, 1.82) is 0 Å². The first-order valence-electron chi connectivity index (χ1n) is 9.06. The van der Waals surface area contributed by atoms with Crippen LogP contribution in [0.3, 0.4) is 0 Å². The number of hydrogen-bond donors (Lipinski definition) is 0. The second-order valence-corrected chi connectivity index (χ2v) is 6.32. The van der Waals surface area contributed by atoms with Crippen LogP contribution in [0.4, 0.5) is 0 Å². The van der Waals surface area contributed by atoms with Crippen LogP contribution in [0.1, 0.15) is 17.3 Å². The lowest BCUT2D eigenvalue weighted by Crippen LogP contribution is -2.16. The fourth-order valence-corrected chi connectivity index (χ4v) is 3.28. The van der Waals surface area contributed by atoms with Crippen LogP contribution >= 0.6 is 0 Å². The highest BCUT2D eigenvalue weighted by Crippen LogP contribution is 2.32. The first-order valence-corrected chi connectivity index (χ1v) is 9.06. The summed E-state index contributed by atoms with van der Waals surface area (Å²) in [5, 5.41) is 0.745. The maximum Gasteiger partial charge on any atom is 0.342 e. The van der Waals surface area contributed by atoms with E-state index in [-0.39, 0.29) is 12.2 Å². The quantitative estimate of drug-likeness (QED) is 0.457. The van der Waals surface area contributed by atoms with Crippen molar-refractivity contribution in [1.82, 2.24) is 0 Å². The normalized spacial score (nSPS) is 10.8. The zero-order chi connectivity index (χ0) is 19.5. The van der Waals surface area contributed by atoms with Crippen LogP contribution in [-0.4, -0.2) is 12.6 Å². The molecule has 0 spiro atoms. The van der Waals surface area contributed by atoms with Crippen LogP contribution in [-0.2, 0) is 4.74 Å². The largest absolute Gasteiger partial charge is 0.464 e. The van der Waals surface area contributed by atoms with Gasteiger partial charge in [0.15, 0.2) is 5.43 Å². The van der Waals surface area contributed by atoms with Crippen molar-refractivity contribution < 1.29 is 13.9 Å². The summed E-state index contributed by atoms with van der Waals surface area (Å²) < 4.78 is 10.8. The van der Waals surface area contributed by atoms with E-state index in [0.29, 0.717) is 11.1 Å². The number of esters is 1. The van der Waals surface area contributed by atoms with Gasteiger partial charge in [-0.1, -0.05) is 54.6 Å². The summed E-state index contributed by atoms with van der Waals surface area (Å²) >= 11 is 0. The number of furan rings is 1. The van der Waals surface area contributed by atoms with E-state index >= 15 is 0 Å². The van der Waals surface area contributed by atoms with E-state index in [2.05, 4.69) is 0 Å². The number of fused-ring (bicyclic) bond motifs is 1. The first-order chi connectivity index (χ1) is 13.7. The van der Waals surface area contributed by atoms with Gasteiger partial charge >= 0.3 is 5.97 Å². The number of hydrogen-bond acceptors (Lipinski definition) is 4. The van der Waals surface area contributed by atoms with Crippen molar-refractivity contribution in [2.45, 2.75) is 6.92 Å². The van der Waals surface area contributed by atoms with Crippen LogP contribution in [0.15, 0.2) is 88.3 Å². The molecule has 28 heavy (non-hydrogen) atoms. The standard InChI is InChI=1S/C24H18O4/c1-2-27-24(26)22-20(25)13-12-19-14-15-28-23(19)21(22)18-10-8-17(9-11-18)16-6-4-3-5-7-16/h3-15H,2H2,1H3. The molecule has 4 aromatic rings. The van der Waals surface area contributed by atoms with E-state index in [4.69, 9.17) is 9.15 Å². The highest BCUT2D eigenvalue weighted by molar-refractivity contribution is 6.05. The minimum absolute atomic E-state index is 0.0146. The molecule has 1 heterocycles. The second-order valence-electron chi connectivity index (χ2n) is 6.32. The number of ether oxygens (including phenoxy) is 1. The molecule has 0 atom stereocenters. The summed E-state index contributed by atoms with van der Waals surface area (Å²) in [6.45, 7) is 1.90. The second kappa shape index (κ2) is 7.53. The van der Waals surface area contributed by atoms with E-state index in [1.54, 1.807) is 25.3 Å². The fraction of sp³-hybridized carbons (Fsp3) is 0.0833. The zero-order valence-electron chi connectivity index (χ0n) is 15.3. The van der Waals surface area contributed by atoms with Gasteiger partial charge in [-0.3, -0.25) is 4.79 Å². The Kier molecular flexibility index (Phi) is 4.77. The SMILES string of the molecule is CCOC(=O)c1c(-c2ccc(-c3ccccc3)cc2)c2occc2ccc1=O. The number of carbonyl (C=O) groups is 1. The van der Waals surface area contributed by atoms with Gasteiger partial charge in [-0.2, -0.15) is 0 Å². The average molecular weight is 370 g/mol. The Bertz CT molecular complexity index is 1190. The molecule has 4 rings (SSSR count).